The molecule has 1 fully saturated rings. The topological polar surface area (TPSA) is 51.0 Å². The number of nitrogens with one attached hydrogen (secondary N) is 1. The highest BCUT2D eigenvalue weighted by Gasteiger charge is 2.25. The summed E-state index contributed by atoms with van der Waals surface area (Å²) in [6.45, 7) is 6.73. The van der Waals surface area contributed by atoms with Gasteiger partial charge in [0.05, 0.1) is 0 Å². The summed E-state index contributed by atoms with van der Waals surface area (Å²) in [5, 5.41) is 10.8. The molecule has 2 unspecified atom stereocenters. The average Bonchev–Trinajstić information content (AvgIpc) is 3.36. The Bertz CT molecular complexity index is 1240. The third-order valence-corrected chi connectivity index (χ3v) is 7.49. The molecule has 0 aliphatic heterocycles. The Hall–Kier alpha value is -2.98. The number of nitrogens with zero attached hydrogens (tertiary/aromatic N) is 2. The van der Waals surface area contributed by atoms with Crippen LogP contribution in [-0.2, 0) is 6.42 Å². The van der Waals surface area contributed by atoms with E-state index in [0.29, 0.717) is 29.7 Å². The lowest BCUT2D eigenvalue weighted by atomic mass is 9.80. The summed E-state index contributed by atoms with van der Waals surface area (Å²) in [5.74, 6) is 2.65. The summed E-state index contributed by atoms with van der Waals surface area (Å²) in [6.07, 6.45) is 6.84. The smallest absolute Gasteiger partial charge is 0.226 e. The number of rotatable bonds is 8. The van der Waals surface area contributed by atoms with Gasteiger partial charge in [0.2, 0.25) is 11.7 Å². The Morgan fingerprint density at radius 3 is 2.57 bits per heavy atom. The SMILES string of the molecule is CC(C)CCc1nc(-c2ccc([C@H]3CCCC(NC(C)c4cccc5ccccc45)C3)cc2)no1. The van der Waals surface area contributed by atoms with Crippen molar-refractivity contribution < 1.29 is 4.52 Å². The van der Waals surface area contributed by atoms with Crippen molar-refractivity contribution in [3.8, 4) is 11.4 Å². The number of aryl methyl sites for hydroxylation is 1. The van der Waals surface area contributed by atoms with Gasteiger partial charge in [-0.3, -0.25) is 0 Å². The fourth-order valence-electron chi connectivity index (χ4n) is 5.51. The summed E-state index contributed by atoms with van der Waals surface area (Å²) in [6, 6.07) is 25.0. The van der Waals surface area contributed by atoms with Gasteiger partial charge in [-0.15, -0.1) is 0 Å². The van der Waals surface area contributed by atoms with Crippen LogP contribution < -0.4 is 5.32 Å². The molecule has 3 atom stereocenters. The van der Waals surface area contributed by atoms with Crippen molar-refractivity contribution in [1.82, 2.24) is 15.5 Å². The van der Waals surface area contributed by atoms with Crippen molar-refractivity contribution in [3.63, 3.8) is 0 Å². The number of hydrogen-bond donors (Lipinski definition) is 1. The second kappa shape index (κ2) is 10.7. The third-order valence-electron chi connectivity index (χ3n) is 7.49. The van der Waals surface area contributed by atoms with Gasteiger partial charge in [0.25, 0.3) is 0 Å². The van der Waals surface area contributed by atoms with Crippen molar-refractivity contribution in [3.05, 3.63) is 83.7 Å². The van der Waals surface area contributed by atoms with E-state index in [9.17, 15) is 0 Å². The Morgan fingerprint density at radius 1 is 0.943 bits per heavy atom. The van der Waals surface area contributed by atoms with Crippen molar-refractivity contribution in [2.45, 2.75) is 77.3 Å². The highest BCUT2D eigenvalue weighted by Crippen LogP contribution is 2.35. The van der Waals surface area contributed by atoms with Gasteiger partial charge in [0.15, 0.2) is 0 Å². The van der Waals surface area contributed by atoms with Crippen molar-refractivity contribution in [1.29, 1.82) is 0 Å². The second-order valence-electron chi connectivity index (χ2n) is 10.6. The zero-order valence-electron chi connectivity index (χ0n) is 21.2. The van der Waals surface area contributed by atoms with Gasteiger partial charge < -0.3 is 9.84 Å². The number of fused-ring (bicyclic) bond motifs is 1. The Morgan fingerprint density at radius 2 is 1.74 bits per heavy atom. The van der Waals surface area contributed by atoms with Crippen LogP contribution in [0.4, 0.5) is 0 Å². The van der Waals surface area contributed by atoms with Crippen molar-refractivity contribution >= 4 is 10.8 Å². The number of benzene rings is 3. The van der Waals surface area contributed by atoms with Crippen molar-refractivity contribution in [2.24, 2.45) is 5.92 Å². The van der Waals surface area contributed by atoms with Gasteiger partial charge in [-0.05, 0) is 66.3 Å². The van der Waals surface area contributed by atoms with Crippen LogP contribution in [0.1, 0.15) is 81.9 Å². The molecular formula is C31H37N3O. The first kappa shape index (κ1) is 23.7. The molecule has 1 aliphatic rings. The van der Waals surface area contributed by atoms with Gasteiger partial charge >= 0.3 is 0 Å². The predicted octanol–water partition coefficient (Wildman–Crippen LogP) is 7.86. The van der Waals surface area contributed by atoms with E-state index >= 15 is 0 Å². The van der Waals surface area contributed by atoms with E-state index in [-0.39, 0.29) is 0 Å². The van der Waals surface area contributed by atoms with Crippen LogP contribution in [0.5, 0.6) is 0 Å². The van der Waals surface area contributed by atoms with Crippen LogP contribution in [-0.4, -0.2) is 16.2 Å². The molecule has 0 saturated heterocycles. The molecule has 1 N–H and O–H groups in total. The molecule has 5 rings (SSSR count). The first-order valence-electron chi connectivity index (χ1n) is 13.2. The van der Waals surface area contributed by atoms with E-state index in [1.807, 2.05) is 0 Å². The molecule has 0 bridgehead atoms. The number of hydrogen-bond acceptors (Lipinski definition) is 4. The lowest BCUT2D eigenvalue weighted by molar-refractivity contribution is 0.319. The highest BCUT2D eigenvalue weighted by atomic mass is 16.5. The molecule has 0 amide bonds. The molecule has 1 saturated carbocycles. The zero-order chi connectivity index (χ0) is 24.2. The minimum atomic E-state index is 0.329. The largest absolute Gasteiger partial charge is 0.339 e. The molecular weight excluding hydrogens is 430 g/mol. The van der Waals surface area contributed by atoms with Gasteiger partial charge in [0, 0.05) is 24.1 Å². The van der Waals surface area contributed by atoms with Crippen LogP contribution in [0, 0.1) is 5.92 Å². The molecule has 1 aromatic heterocycles. The number of aromatic nitrogens is 2. The standard InChI is InChI=1S/C31H37N3O/c1-21(2)14-19-30-33-31(34-35-30)25-17-15-23(16-18-25)26-10-6-11-27(20-26)32-22(3)28-13-7-9-24-8-4-5-12-29(24)28/h4-5,7-9,12-13,15-18,21-22,26-27,32H,6,10-11,14,19-20H2,1-3H3/t22?,26-,27?/m0/s1. The predicted molar refractivity (Wildman–Crippen MR) is 143 cm³/mol. The molecule has 1 heterocycles. The van der Waals surface area contributed by atoms with Crippen LogP contribution in [0.25, 0.3) is 22.2 Å². The fraction of sp³-hybridized carbons (Fsp3) is 0.419. The summed E-state index contributed by atoms with van der Waals surface area (Å²) in [7, 11) is 0. The lowest BCUT2D eigenvalue weighted by Crippen LogP contribution is -2.35. The maximum atomic E-state index is 5.46. The molecule has 4 heteroatoms. The third kappa shape index (κ3) is 5.65. The normalized spacial score (nSPS) is 19.3. The molecule has 4 aromatic rings. The Kier molecular flexibility index (Phi) is 7.29. The molecule has 4 nitrogen and oxygen atoms in total. The van der Waals surface area contributed by atoms with E-state index in [0.717, 1.165) is 24.3 Å². The quantitative estimate of drug-likeness (QED) is 0.287. The van der Waals surface area contributed by atoms with E-state index < -0.39 is 0 Å². The van der Waals surface area contributed by atoms with Crippen LogP contribution in [0.3, 0.4) is 0 Å². The maximum Gasteiger partial charge on any atom is 0.226 e. The molecule has 35 heavy (non-hydrogen) atoms. The molecule has 0 spiro atoms. The summed E-state index contributed by atoms with van der Waals surface area (Å²) in [4.78, 5) is 4.60. The van der Waals surface area contributed by atoms with E-state index in [2.05, 4.69) is 103 Å². The zero-order valence-corrected chi connectivity index (χ0v) is 21.2. The van der Waals surface area contributed by atoms with Gasteiger partial charge in [-0.1, -0.05) is 92.2 Å². The minimum absolute atomic E-state index is 0.329. The van der Waals surface area contributed by atoms with Crippen LogP contribution in [0.15, 0.2) is 71.3 Å². The summed E-state index contributed by atoms with van der Waals surface area (Å²) in [5.41, 5.74) is 3.84. The summed E-state index contributed by atoms with van der Waals surface area (Å²) < 4.78 is 5.46. The average molecular weight is 468 g/mol. The fourth-order valence-corrected chi connectivity index (χ4v) is 5.51. The molecule has 3 aromatic carbocycles. The van der Waals surface area contributed by atoms with Gasteiger partial charge in [-0.2, -0.15) is 4.98 Å². The second-order valence-corrected chi connectivity index (χ2v) is 10.6. The van der Waals surface area contributed by atoms with E-state index in [1.165, 1.54) is 47.6 Å². The van der Waals surface area contributed by atoms with Crippen LogP contribution >= 0.6 is 0 Å². The summed E-state index contributed by atoms with van der Waals surface area (Å²) >= 11 is 0. The monoisotopic (exact) mass is 467 g/mol. The molecule has 1 aliphatic carbocycles. The molecule has 182 valence electrons. The van der Waals surface area contributed by atoms with Gasteiger partial charge in [-0.25, -0.2) is 0 Å². The first-order chi connectivity index (χ1) is 17.1. The van der Waals surface area contributed by atoms with E-state index in [1.54, 1.807) is 0 Å². The lowest BCUT2D eigenvalue weighted by Gasteiger charge is -2.32. The highest BCUT2D eigenvalue weighted by molar-refractivity contribution is 5.86. The minimum Gasteiger partial charge on any atom is -0.339 e. The Labute approximate surface area is 209 Å². The van der Waals surface area contributed by atoms with Crippen molar-refractivity contribution in [2.75, 3.05) is 0 Å². The van der Waals surface area contributed by atoms with Crippen LogP contribution in [0.2, 0.25) is 0 Å². The van der Waals surface area contributed by atoms with E-state index in [4.69, 9.17) is 4.52 Å². The first-order valence-corrected chi connectivity index (χ1v) is 13.2. The maximum absolute atomic E-state index is 5.46. The molecule has 0 radical (unpaired) electrons. The Balaban J connectivity index is 1.23. The van der Waals surface area contributed by atoms with Gasteiger partial charge in [0.1, 0.15) is 0 Å².